The van der Waals surface area contributed by atoms with E-state index in [2.05, 4.69) is 16.7 Å². The summed E-state index contributed by atoms with van der Waals surface area (Å²) in [5, 5.41) is 5.96. The lowest BCUT2D eigenvalue weighted by Crippen LogP contribution is -2.47. The van der Waals surface area contributed by atoms with Crippen molar-refractivity contribution in [1.29, 1.82) is 0 Å². The standard InChI is InChI=1S/C28H27N3O3/c32-25(29-24-17-9-13-21-12-7-8-16-23(21)24)19-31-26(33)28(30-27(31)34,22-14-5-2-6-15-22)18-20-10-3-1-4-11-20/h1-8,10-12,14-16,24H,9,13,17-19H2,(H,29,32)(H,30,34)/t24-,28-/m1/s1. The van der Waals surface area contributed by atoms with E-state index in [-0.39, 0.29) is 18.5 Å². The third-order valence-electron chi connectivity index (χ3n) is 6.76. The molecular weight excluding hydrogens is 426 g/mol. The number of rotatable bonds is 6. The fraction of sp³-hybridized carbons (Fsp3) is 0.250. The number of amides is 4. The molecule has 1 aliphatic carbocycles. The van der Waals surface area contributed by atoms with Crippen molar-refractivity contribution < 1.29 is 14.4 Å². The van der Waals surface area contributed by atoms with Gasteiger partial charge in [-0.05, 0) is 41.5 Å². The van der Waals surface area contributed by atoms with Gasteiger partial charge in [-0.2, -0.15) is 0 Å². The average Bonchev–Trinajstić information content (AvgIpc) is 3.10. The van der Waals surface area contributed by atoms with Gasteiger partial charge in [-0.3, -0.25) is 14.5 Å². The topological polar surface area (TPSA) is 78.5 Å². The lowest BCUT2D eigenvalue weighted by atomic mass is 9.83. The van der Waals surface area contributed by atoms with Crippen LogP contribution in [0.3, 0.4) is 0 Å². The normalized spacial score (nSPS) is 21.6. The first-order valence-corrected chi connectivity index (χ1v) is 11.7. The SMILES string of the molecule is O=C(CN1C(=O)N[C@](Cc2ccccc2)(c2ccccc2)C1=O)N[C@@H]1CCCc2ccccc21. The van der Waals surface area contributed by atoms with E-state index in [0.717, 1.165) is 35.3 Å². The summed E-state index contributed by atoms with van der Waals surface area (Å²) in [5.41, 5.74) is 2.71. The first-order valence-electron chi connectivity index (χ1n) is 11.7. The molecule has 0 unspecified atom stereocenters. The second kappa shape index (κ2) is 9.14. The van der Waals surface area contributed by atoms with E-state index in [9.17, 15) is 14.4 Å². The monoisotopic (exact) mass is 453 g/mol. The maximum absolute atomic E-state index is 13.7. The first-order chi connectivity index (χ1) is 16.6. The molecule has 3 aromatic rings. The molecule has 34 heavy (non-hydrogen) atoms. The maximum atomic E-state index is 13.7. The van der Waals surface area contributed by atoms with E-state index >= 15 is 0 Å². The summed E-state index contributed by atoms with van der Waals surface area (Å²) in [6.45, 7) is -0.313. The highest BCUT2D eigenvalue weighted by Crippen LogP contribution is 2.33. The molecule has 1 aliphatic heterocycles. The number of urea groups is 1. The minimum atomic E-state index is -1.25. The number of hydrogen-bond acceptors (Lipinski definition) is 3. The molecule has 0 spiro atoms. The zero-order valence-electron chi connectivity index (χ0n) is 18.9. The summed E-state index contributed by atoms with van der Waals surface area (Å²) >= 11 is 0. The fourth-order valence-electron chi connectivity index (χ4n) is 5.10. The highest BCUT2D eigenvalue weighted by Gasteiger charge is 2.52. The van der Waals surface area contributed by atoms with Gasteiger partial charge in [0.2, 0.25) is 5.91 Å². The van der Waals surface area contributed by atoms with Crippen molar-refractivity contribution >= 4 is 17.8 Å². The van der Waals surface area contributed by atoms with E-state index in [1.807, 2.05) is 78.9 Å². The highest BCUT2D eigenvalue weighted by molar-refractivity contribution is 6.09. The van der Waals surface area contributed by atoms with Crippen LogP contribution in [-0.4, -0.2) is 29.3 Å². The molecule has 2 atom stereocenters. The Kier molecular flexibility index (Phi) is 5.88. The molecule has 0 aromatic heterocycles. The van der Waals surface area contributed by atoms with Gasteiger partial charge in [-0.15, -0.1) is 0 Å². The van der Waals surface area contributed by atoms with Crippen LogP contribution in [0.15, 0.2) is 84.9 Å². The van der Waals surface area contributed by atoms with Crippen LogP contribution in [0.2, 0.25) is 0 Å². The number of carbonyl (C=O) groups is 3. The molecule has 1 fully saturated rings. The Labute approximate surface area is 199 Å². The van der Waals surface area contributed by atoms with Crippen LogP contribution in [0.4, 0.5) is 4.79 Å². The number of benzene rings is 3. The van der Waals surface area contributed by atoms with Crippen molar-refractivity contribution in [2.75, 3.05) is 6.54 Å². The summed E-state index contributed by atoms with van der Waals surface area (Å²) < 4.78 is 0. The molecule has 5 rings (SSSR count). The van der Waals surface area contributed by atoms with Crippen LogP contribution in [0, 0.1) is 0 Å². The molecular formula is C28H27N3O3. The highest BCUT2D eigenvalue weighted by atomic mass is 16.2. The van der Waals surface area contributed by atoms with Gasteiger partial charge < -0.3 is 10.6 Å². The van der Waals surface area contributed by atoms with Crippen molar-refractivity contribution in [2.45, 2.75) is 37.3 Å². The van der Waals surface area contributed by atoms with Crippen LogP contribution in [0.1, 0.15) is 41.1 Å². The number of nitrogens with one attached hydrogen (secondary N) is 2. The number of aryl methyl sites for hydroxylation is 1. The van der Waals surface area contributed by atoms with E-state index in [4.69, 9.17) is 0 Å². The van der Waals surface area contributed by atoms with Gasteiger partial charge in [0.1, 0.15) is 6.54 Å². The fourth-order valence-corrected chi connectivity index (χ4v) is 5.10. The Morgan fingerprint density at radius 2 is 1.62 bits per heavy atom. The molecule has 4 amide bonds. The lowest BCUT2D eigenvalue weighted by Gasteiger charge is -2.28. The lowest BCUT2D eigenvalue weighted by molar-refractivity contribution is -0.135. The number of imide groups is 1. The van der Waals surface area contributed by atoms with Gasteiger partial charge in [0.25, 0.3) is 5.91 Å². The molecule has 6 nitrogen and oxygen atoms in total. The Morgan fingerprint density at radius 3 is 2.38 bits per heavy atom. The maximum Gasteiger partial charge on any atom is 0.325 e. The minimum Gasteiger partial charge on any atom is -0.348 e. The second-order valence-corrected chi connectivity index (χ2v) is 8.97. The summed E-state index contributed by atoms with van der Waals surface area (Å²) in [5.74, 6) is -0.750. The Balaban J connectivity index is 1.38. The number of hydrogen-bond donors (Lipinski definition) is 2. The van der Waals surface area contributed by atoms with E-state index in [1.165, 1.54) is 5.56 Å². The van der Waals surface area contributed by atoms with Crippen LogP contribution >= 0.6 is 0 Å². The predicted octanol–water partition coefficient (Wildman–Crippen LogP) is 3.87. The molecule has 2 N–H and O–H groups in total. The van der Waals surface area contributed by atoms with Crippen molar-refractivity contribution in [3.05, 3.63) is 107 Å². The minimum absolute atomic E-state index is 0.110. The Morgan fingerprint density at radius 1 is 0.941 bits per heavy atom. The van der Waals surface area contributed by atoms with Gasteiger partial charge >= 0.3 is 6.03 Å². The van der Waals surface area contributed by atoms with Gasteiger partial charge in [-0.25, -0.2) is 4.79 Å². The van der Waals surface area contributed by atoms with Gasteiger partial charge in [0.05, 0.1) is 6.04 Å². The largest absolute Gasteiger partial charge is 0.348 e. The van der Waals surface area contributed by atoms with Gasteiger partial charge in [0, 0.05) is 6.42 Å². The zero-order chi connectivity index (χ0) is 23.5. The van der Waals surface area contributed by atoms with Crippen LogP contribution < -0.4 is 10.6 Å². The molecule has 0 saturated carbocycles. The third kappa shape index (κ3) is 4.07. The van der Waals surface area contributed by atoms with Gasteiger partial charge in [-0.1, -0.05) is 84.9 Å². The number of nitrogens with zero attached hydrogens (tertiary/aromatic N) is 1. The van der Waals surface area contributed by atoms with Crippen molar-refractivity contribution in [2.24, 2.45) is 0 Å². The van der Waals surface area contributed by atoms with E-state index < -0.39 is 17.5 Å². The Bertz CT molecular complexity index is 1210. The quantitative estimate of drug-likeness (QED) is 0.556. The van der Waals surface area contributed by atoms with Crippen LogP contribution in [-0.2, 0) is 28.0 Å². The van der Waals surface area contributed by atoms with Crippen molar-refractivity contribution in [3.8, 4) is 0 Å². The van der Waals surface area contributed by atoms with E-state index in [0.29, 0.717) is 12.0 Å². The van der Waals surface area contributed by atoms with Crippen LogP contribution in [0.25, 0.3) is 0 Å². The summed E-state index contributed by atoms with van der Waals surface area (Å²) in [7, 11) is 0. The summed E-state index contributed by atoms with van der Waals surface area (Å²) in [6, 6.07) is 26.3. The molecule has 2 aliphatic rings. The third-order valence-corrected chi connectivity index (χ3v) is 6.76. The number of fused-ring (bicyclic) bond motifs is 1. The van der Waals surface area contributed by atoms with E-state index in [1.54, 1.807) is 0 Å². The van der Waals surface area contributed by atoms with Crippen molar-refractivity contribution in [3.63, 3.8) is 0 Å². The summed E-state index contributed by atoms with van der Waals surface area (Å²) in [4.78, 5) is 40.8. The first kappa shape index (κ1) is 21.9. The predicted molar refractivity (Wildman–Crippen MR) is 129 cm³/mol. The zero-order valence-corrected chi connectivity index (χ0v) is 18.9. The van der Waals surface area contributed by atoms with Crippen molar-refractivity contribution in [1.82, 2.24) is 15.5 Å². The molecule has 172 valence electrons. The molecule has 0 radical (unpaired) electrons. The second-order valence-electron chi connectivity index (χ2n) is 8.97. The number of carbonyl (C=O) groups excluding carboxylic acids is 3. The smallest absolute Gasteiger partial charge is 0.325 e. The molecule has 1 heterocycles. The molecule has 0 bridgehead atoms. The molecule has 1 saturated heterocycles. The Hall–Kier alpha value is -3.93. The van der Waals surface area contributed by atoms with Crippen LogP contribution in [0.5, 0.6) is 0 Å². The molecule has 6 heteroatoms. The molecule has 3 aromatic carbocycles. The average molecular weight is 454 g/mol. The van der Waals surface area contributed by atoms with Gasteiger partial charge in [0.15, 0.2) is 5.54 Å². The summed E-state index contributed by atoms with van der Waals surface area (Å²) in [6.07, 6.45) is 3.12.